The molecule has 0 spiro atoms. The molecule has 0 saturated carbocycles. The van der Waals surface area contributed by atoms with Gasteiger partial charge in [-0.3, -0.25) is 9.59 Å². The van der Waals surface area contributed by atoms with Gasteiger partial charge in [0.2, 0.25) is 0 Å². The van der Waals surface area contributed by atoms with Crippen molar-refractivity contribution in [2.24, 2.45) is 0 Å². The lowest BCUT2D eigenvalue weighted by Crippen LogP contribution is -2.28. The first-order chi connectivity index (χ1) is 42.6. The predicted octanol–water partition coefficient (Wildman–Crippen LogP) is 25.2. The van der Waals surface area contributed by atoms with E-state index in [-0.39, 0.29) is 25.2 Å². The Hall–Kier alpha value is -4.74. The summed E-state index contributed by atoms with van der Waals surface area (Å²) in [7, 11) is 0. The SMILES string of the molecule is CC/C=C\C/C=C\C/C=C\C/C=C\C/C=C\C/C=C\C/C=C\C/C=C\C/C=C\CCCCCCCCCCCCCCCC(=O)OC(CO)COC(=O)CCCCCCCCCCCCCCCCC/C=C\C/C=C\C/C=C\C/C=C\C/C=C\CC. The molecule has 0 fully saturated rings. The number of unbranched alkanes of at least 4 members (excludes halogenated alkanes) is 28. The number of hydrogen-bond donors (Lipinski definition) is 1. The van der Waals surface area contributed by atoms with Crippen LogP contribution >= 0.6 is 0 Å². The van der Waals surface area contributed by atoms with Crippen molar-refractivity contribution in [2.75, 3.05) is 13.2 Å². The van der Waals surface area contributed by atoms with Crippen LogP contribution in [0.5, 0.6) is 0 Å². The molecule has 1 atom stereocenters. The molecule has 0 amide bonds. The van der Waals surface area contributed by atoms with Crippen molar-refractivity contribution in [2.45, 2.75) is 315 Å². The molecule has 0 aromatic rings. The second-order valence-corrected chi connectivity index (χ2v) is 23.2. The van der Waals surface area contributed by atoms with Crippen molar-refractivity contribution in [1.29, 1.82) is 0 Å². The summed E-state index contributed by atoms with van der Waals surface area (Å²) in [5, 5.41) is 9.71. The second kappa shape index (κ2) is 74.5. The molecule has 1 unspecified atom stereocenters. The van der Waals surface area contributed by atoms with E-state index in [1.54, 1.807) is 0 Å². The van der Waals surface area contributed by atoms with Crippen LogP contribution in [0.1, 0.15) is 309 Å². The molecule has 0 aliphatic heterocycles. The van der Waals surface area contributed by atoms with Gasteiger partial charge in [0, 0.05) is 12.8 Å². The minimum atomic E-state index is -0.784. The quantitative estimate of drug-likeness (QED) is 0.0373. The van der Waals surface area contributed by atoms with Crippen molar-refractivity contribution < 1.29 is 24.2 Å². The number of hydrogen-bond acceptors (Lipinski definition) is 5. The van der Waals surface area contributed by atoms with E-state index in [1.807, 2.05) is 0 Å². The molecule has 0 radical (unpaired) electrons. The second-order valence-electron chi connectivity index (χ2n) is 23.2. The van der Waals surface area contributed by atoms with Crippen LogP contribution in [0.2, 0.25) is 0 Å². The van der Waals surface area contributed by atoms with Crippen LogP contribution in [-0.4, -0.2) is 36.4 Å². The van der Waals surface area contributed by atoms with Crippen molar-refractivity contribution in [3.05, 3.63) is 170 Å². The van der Waals surface area contributed by atoms with Crippen LogP contribution in [0.4, 0.5) is 0 Å². The monoisotopic (exact) mass is 1190 g/mol. The lowest BCUT2D eigenvalue weighted by molar-refractivity contribution is -0.161. The minimum Gasteiger partial charge on any atom is -0.462 e. The lowest BCUT2D eigenvalue weighted by Gasteiger charge is -2.15. The van der Waals surface area contributed by atoms with Gasteiger partial charge in [0.15, 0.2) is 6.10 Å². The summed E-state index contributed by atoms with van der Waals surface area (Å²) in [6.45, 7) is 3.93. The maximum absolute atomic E-state index is 12.4. The molecule has 0 saturated heterocycles. The van der Waals surface area contributed by atoms with Gasteiger partial charge in [-0.05, 0) is 128 Å². The van der Waals surface area contributed by atoms with Crippen molar-refractivity contribution in [3.8, 4) is 0 Å². The molecule has 86 heavy (non-hydrogen) atoms. The molecular formula is C81H132O5. The maximum atomic E-state index is 12.4. The Labute approximate surface area is 532 Å². The van der Waals surface area contributed by atoms with E-state index in [0.29, 0.717) is 12.8 Å². The van der Waals surface area contributed by atoms with Crippen molar-refractivity contribution in [3.63, 3.8) is 0 Å². The lowest BCUT2D eigenvalue weighted by atomic mass is 10.0. The van der Waals surface area contributed by atoms with Crippen molar-refractivity contribution >= 4 is 11.9 Å². The third-order valence-electron chi connectivity index (χ3n) is 15.0. The molecule has 0 rings (SSSR count). The van der Waals surface area contributed by atoms with Gasteiger partial charge in [-0.15, -0.1) is 0 Å². The molecule has 5 heteroatoms. The van der Waals surface area contributed by atoms with Gasteiger partial charge in [0.25, 0.3) is 0 Å². The molecule has 0 aliphatic carbocycles. The van der Waals surface area contributed by atoms with Gasteiger partial charge in [-0.25, -0.2) is 0 Å². The first kappa shape index (κ1) is 81.3. The van der Waals surface area contributed by atoms with Crippen LogP contribution in [-0.2, 0) is 19.1 Å². The van der Waals surface area contributed by atoms with E-state index in [9.17, 15) is 14.7 Å². The van der Waals surface area contributed by atoms with E-state index in [2.05, 4.69) is 184 Å². The van der Waals surface area contributed by atoms with Crippen LogP contribution in [0.15, 0.2) is 170 Å². The van der Waals surface area contributed by atoms with Crippen molar-refractivity contribution in [1.82, 2.24) is 0 Å². The molecule has 0 aromatic carbocycles. The smallest absolute Gasteiger partial charge is 0.306 e. The summed E-state index contributed by atoms with van der Waals surface area (Å²) in [6.07, 6.45) is 115. The Kier molecular flexibility index (Phi) is 70.4. The molecule has 0 aliphatic rings. The fourth-order valence-electron chi connectivity index (χ4n) is 9.75. The fourth-order valence-corrected chi connectivity index (χ4v) is 9.75. The molecule has 1 N–H and O–H groups in total. The van der Waals surface area contributed by atoms with Crippen LogP contribution in [0, 0.1) is 0 Å². The first-order valence-corrected chi connectivity index (χ1v) is 35.7. The topological polar surface area (TPSA) is 72.8 Å². The van der Waals surface area contributed by atoms with E-state index < -0.39 is 6.10 Å². The zero-order chi connectivity index (χ0) is 61.9. The molecule has 486 valence electrons. The highest BCUT2D eigenvalue weighted by Crippen LogP contribution is 2.17. The summed E-state index contributed by atoms with van der Waals surface area (Å²) < 4.78 is 10.8. The van der Waals surface area contributed by atoms with Crippen LogP contribution in [0.3, 0.4) is 0 Å². The summed E-state index contributed by atoms with van der Waals surface area (Å²) in [5.74, 6) is -0.591. The van der Waals surface area contributed by atoms with E-state index >= 15 is 0 Å². The van der Waals surface area contributed by atoms with E-state index in [0.717, 1.165) is 128 Å². The third-order valence-corrected chi connectivity index (χ3v) is 15.0. The first-order valence-electron chi connectivity index (χ1n) is 35.7. The van der Waals surface area contributed by atoms with Gasteiger partial charge in [0.1, 0.15) is 6.61 Å². The van der Waals surface area contributed by atoms with Gasteiger partial charge < -0.3 is 14.6 Å². The summed E-state index contributed by atoms with van der Waals surface area (Å²) in [4.78, 5) is 24.7. The molecular weight excluding hydrogens is 1050 g/mol. The number of carbonyl (C=O) groups excluding carboxylic acids is 2. The number of esters is 2. The Balaban J connectivity index is 3.52. The minimum absolute atomic E-state index is 0.0725. The number of aliphatic hydroxyl groups is 1. The van der Waals surface area contributed by atoms with E-state index in [4.69, 9.17) is 9.47 Å². The number of aliphatic hydroxyl groups excluding tert-OH is 1. The summed E-state index contributed by atoms with van der Waals surface area (Å²) in [5.41, 5.74) is 0. The molecule has 0 heterocycles. The third kappa shape index (κ3) is 71.7. The molecule has 5 nitrogen and oxygen atoms in total. The standard InChI is InChI=1S/C81H132O5/c1-3-5-7-9-11-13-15-17-19-21-23-25-27-29-31-33-35-36-37-38-39-40-41-42-43-44-46-48-50-52-54-56-58-60-62-64-66-68-70-72-74-76-81(84)86-79(77-82)78-85-80(83)75-73-71-69-67-65-63-61-59-57-55-53-51-49-47-45-34-32-30-28-26-24-22-20-18-16-14-12-10-8-6-4-2/h5-8,11-14,17-20,23-26,29-32,35-36,38-39,41-42,44,46,79,82H,3-4,9-10,15-16,21-22,27-28,33-34,37,40,43,45,47-78H2,1-2H3/b7-5-,8-6-,13-11-,14-12-,19-17-,20-18-,25-23-,26-24-,31-29-,32-30-,36-35-,39-38-,42-41-,46-44-. The zero-order valence-corrected chi connectivity index (χ0v) is 55.8. The van der Waals surface area contributed by atoms with Crippen LogP contribution < -0.4 is 0 Å². The van der Waals surface area contributed by atoms with Gasteiger partial charge in [-0.1, -0.05) is 338 Å². The normalized spacial score (nSPS) is 13.3. The van der Waals surface area contributed by atoms with Crippen LogP contribution in [0.25, 0.3) is 0 Å². The van der Waals surface area contributed by atoms with Gasteiger partial charge in [-0.2, -0.15) is 0 Å². The Morgan fingerprint density at radius 1 is 0.267 bits per heavy atom. The summed E-state index contributed by atoms with van der Waals surface area (Å²) >= 11 is 0. The highest BCUT2D eigenvalue weighted by molar-refractivity contribution is 5.70. The summed E-state index contributed by atoms with van der Waals surface area (Å²) in [6, 6.07) is 0. The average molecular weight is 1190 g/mol. The average Bonchev–Trinajstić information content (AvgIpc) is 3.54. The Morgan fingerprint density at radius 2 is 0.465 bits per heavy atom. The fraction of sp³-hybridized carbons (Fsp3) is 0.630. The Bertz CT molecular complexity index is 1870. The number of carbonyl (C=O) groups is 2. The zero-order valence-electron chi connectivity index (χ0n) is 55.8. The largest absolute Gasteiger partial charge is 0.462 e. The van der Waals surface area contributed by atoms with Gasteiger partial charge in [0.05, 0.1) is 6.61 Å². The number of rotatable bonds is 64. The molecule has 0 aromatic heterocycles. The predicted molar refractivity (Wildman–Crippen MR) is 380 cm³/mol. The molecule has 0 bridgehead atoms. The Morgan fingerprint density at radius 3 is 0.698 bits per heavy atom. The highest BCUT2D eigenvalue weighted by Gasteiger charge is 2.16. The van der Waals surface area contributed by atoms with Gasteiger partial charge >= 0.3 is 11.9 Å². The maximum Gasteiger partial charge on any atom is 0.306 e. The number of allylic oxidation sites excluding steroid dienone is 28. The number of ether oxygens (including phenoxy) is 2. The van der Waals surface area contributed by atoms with E-state index in [1.165, 1.54) is 154 Å². The highest BCUT2D eigenvalue weighted by atomic mass is 16.6.